The average Bonchev–Trinajstić information content (AvgIpc) is 3.21. The van der Waals surface area contributed by atoms with E-state index >= 15 is 0 Å². The molecule has 1 atom stereocenters. The Morgan fingerprint density at radius 2 is 1.96 bits per heavy atom. The highest BCUT2D eigenvalue weighted by Crippen LogP contribution is 2.22. The smallest absolute Gasteiger partial charge is 0.331 e. The molecular formula is C22H25NO3S. The van der Waals surface area contributed by atoms with Gasteiger partial charge in [-0.2, -0.15) is 11.3 Å². The Balaban J connectivity index is 1.43. The molecule has 0 unspecified atom stereocenters. The van der Waals surface area contributed by atoms with Crippen LogP contribution in [0.5, 0.6) is 0 Å². The van der Waals surface area contributed by atoms with Gasteiger partial charge in [0.25, 0.3) is 5.91 Å². The third-order valence-electron chi connectivity index (χ3n) is 4.89. The van der Waals surface area contributed by atoms with Crippen LogP contribution in [0.1, 0.15) is 30.9 Å². The number of likely N-dealkylation sites (tertiary alicyclic amines) is 1. The van der Waals surface area contributed by atoms with Gasteiger partial charge in [0.05, 0.1) is 0 Å². The first-order valence-corrected chi connectivity index (χ1v) is 10.3. The van der Waals surface area contributed by atoms with Gasteiger partial charge in [-0.3, -0.25) is 4.79 Å². The van der Waals surface area contributed by atoms with E-state index in [0.29, 0.717) is 5.92 Å². The number of rotatable bonds is 6. The van der Waals surface area contributed by atoms with Crippen LogP contribution in [-0.4, -0.2) is 36.0 Å². The van der Waals surface area contributed by atoms with Crippen molar-refractivity contribution < 1.29 is 14.3 Å². The van der Waals surface area contributed by atoms with Gasteiger partial charge in [0.1, 0.15) is 0 Å². The lowest BCUT2D eigenvalue weighted by molar-refractivity contribution is -0.156. The van der Waals surface area contributed by atoms with E-state index in [1.54, 1.807) is 24.3 Å². The zero-order chi connectivity index (χ0) is 19.1. The molecule has 1 aromatic heterocycles. The molecule has 2 aromatic rings. The van der Waals surface area contributed by atoms with Crippen molar-refractivity contribution in [1.29, 1.82) is 0 Å². The van der Waals surface area contributed by atoms with Crippen LogP contribution >= 0.6 is 11.3 Å². The number of thiophene rings is 1. The first kappa shape index (κ1) is 19.4. The number of ether oxygens (including phenoxy) is 1. The number of carbonyl (C=O) groups is 2. The number of benzene rings is 1. The molecule has 3 rings (SSSR count). The van der Waals surface area contributed by atoms with Crippen LogP contribution in [0.3, 0.4) is 0 Å². The van der Waals surface area contributed by atoms with E-state index in [9.17, 15) is 9.59 Å². The highest BCUT2D eigenvalue weighted by Gasteiger charge is 2.27. The Labute approximate surface area is 164 Å². The fourth-order valence-electron chi connectivity index (χ4n) is 3.36. The summed E-state index contributed by atoms with van der Waals surface area (Å²) < 4.78 is 5.27. The molecule has 0 bridgehead atoms. The first-order chi connectivity index (χ1) is 13.1. The van der Waals surface area contributed by atoms with Crippen LogP contribution < -0.4 is 0 Å². The van der Waals surface area contributed by atoms with Crippen molar-refractivity contribution in [2.75, 3.05) is 13.1 Å². The largest absolute Gasteiger partial charge is 0.449 e. The van der Waals surface area contributed by atoms with Gasteiger partial charge >= 0.3 is 5.97 Å². The van der Waals surface area contributed by atoms with Crippen molar-refractivity contribution in [3.63, 3.8) is 0 Å². The summed E-state index contributed by atoms with van der Waals surface area (Å²) in [5.74, 6) is 0.00862. The predicted octanol–water partition coefficient (Wildman–Crippen LogP) is 4.17. The predicted molar refractivity (Wildman–Crippen MR) is 108 cm³/mol. The summed E-state index contributed by atoms with van der Waals surface area (Å²) in [5.41, 5.74) is 2.30. The fraction of sp³-hybridized carbons (Fsp3) is 0.364. The topological polar surface area (TPSA) is 46.6 Å². The molecule has 1 amide bonds. The lowest BCUT2D eigenvalue weighted by atomic mass is 9.90. The summed E-state index contributed by atoms with van der Waals surface area (Å²) in [6, 6.07) is 12.4. The normalized spacial score (nSPS) is 16.4. The number of nitrogens with zero attached hydrogens (tertiary/aromatic N) is 1. The second-order valence-electron chi connectivity index (χ2n) is 6.93. The fourth-order valence-corrected chi connectivity index (χ4v) is 3.99. The van der Waals surface area contributed by atoms with E-state index in [0.717, 1.165) is 37.9 Å². The van der Waals surface area contributed by atoms with Crippen molar-refractivity contribution in [2.24, 2.45) is 5.92 Å². The van der Waals surface area contributed by atoms with Crippen LogP contribution in [0.15, 0.2) is 53.2 Å². The highest BCUT2D eigenvalue weighted by atomic mass is 32.1. The molecule has 1 aromatic carbocycles. The van der Waals surface area contributed by atoms with Crippen molar-refractivity contribution in [3.05, 3.63) is 64.4 Å². The molecule has 1 fully saturated rings. The van der Waals surface area contributed by atoms with E-state index in [1.165, 1.54) is 11.6 Å². The van der Waals surface area contributed by atoms with Gasteiger partial charge < -0.3 is 9.64 Å². The third kappa shape index (κ3) is 5.79. The van der Waals surface area contributed by atoms with Crippen LogP contribution in [-0.2, 0) is 20.7 Å². The Hall–Kier alpha value is -2.40. The highest BCUT2D eigenvalue weighted by molar-refractivity contribution is 7.08. The average molecular weight is 384 g/mol. The number of esters is 1. The summed E-state index contributed by atoms with van der Waals surface area (Å²) in [5, 5.41) is 3.89. The quantitative estimate of drug-likeness (QED) is 0.555. The standard InChI is InChI=1S/C22H25NO3S/c1-17(26-21(24)8-7-20-11-14-27-16-20)22(25)23-12-9-19(10-13-23)15-18-5-3-2-4-6-18/h2-8,11,14,16-17,19H,9-10,12-13,15H2,1H3/b8-7+/t17-/m0/s1. The Morgan fingerprint density at radius 3 is 2.63 bits per heavy atom. The molecule has 0 radical (unpaired) electrons. The molecule has 142 valence electrons. The van der Waals surface area contributed by atoms with Gasteiger partial charge in [0.15, 0.2) is 6.10 Å². The summed E-state index contributed by atoms with van der Waals surface area (Å²) in [6.45, 7) is 3.10. The molecular weight excluding hydrogens is 358 g/mol. The summed E-state index contributed by atoms with van der Waals surface area (Å²) in [4.78, 5) is 26.3. The maximum absolute atomic E-state index is 12.6. The lowest BCUT2D eigenvalue weighted by Gasteiger charge is -2.33. The number of piperidine rings is 1. The summed E-state index contributed by atoms with van der Waals surface area (Å²) in [6.07, 6.45) is 5.35. The lowest BCUT2D eigenvalue weighted by Crippen LogP contribution is -2.44. The van der Waals surface area contributed by atoms with Crippen molar-refractivity contribution >= 4 is 29.3 Å². The van der Waals surface area contributed by atoms with E-state index in [1.807, 2.05) is 27.8 Å². The maximum Gasteiger partial charge on any atom is 0.331 e. The van der Waals surface area contributed by atoms with Crippen LogP contribution in [0.2, 0.25) is 0 Å². The zero-order valence-corrected chi connectivity index (χ0v) is 16.4. The Bertz CT molecular complexity index is 762. The first-order valence-electron chi connectivity index (χ1n) is 9.35. The molecule has 2 heterocycles. The Kier molecular flexibility index (Phi) is 6.82. The van der Waals surface area contributed by atoms with Gasteiger partial charge in [-0.1, -0.05) is 30.3 Å². The third-order valence-corrected chi connectivity index (χ3v) is 5.59. The number of carbonyl (C=O) groups excluding carboxylic acids is 2. The maximum atomic E-state index is 12.6. The molecule has 27 heavy (non-hydrogen) atoms. The van der Waals surface area contributed by atoms with E-state index < -0.39 is 12.1 Å². The van der Waals surface area contributed by atoms with Crippen molar-refractivity contribution in [3.8, 4) is 0 Å². The van der Waals surface area contributed by atoms with Gasteiger partial charge in [-0.05, 0) is 66.1 Å². The minimum atomic E-state index is -0.754. The molecule has 0 spiro atoms. The molecule has 1 aliphatic heterocycles. The van der Waals surface area contributed by atoms with Crippen LogP contribution in [0.4, 0.5) is 0 Å². The van der Waals surface area contributed by atoms with Crippen molar-refractivity contribution in [2.45, 2.75) is 32.3 Å². The molecule has 0 aliphatic carbocycles. The minimum Gasteiger partial charge on any atom is -0.449 e. The van der Waals surface area contributed by atoms with Crippen LogP contribution in [0, 0.1) is 5.92 Å². The second kappa shape index (κ2) is 9.51. The van der Waals surface area contributed by atoms with E-state index in [4.69, 9.17) is 4.74 Å². The molecule has 5 heteroatoms. The molecule has 4 nitrogen and oxygen atoms in total. The molecule has 1 saturated heterocycles. The van der Waals surface area contributed by atoms with Crippen molar-refractivity contribution in [1.82, 2.24) is 4.90 Å². The van der Waals surface area contributed by atoms with E-state index in [2.05, 4.69) is 24.3 Å². The van der Waals surface area contributed by atoms with Crippen LogP contribution in [0.25, 0.3) is 6.08 Å². The zero-order valence-electron chi connectivity index (χ0n) is 15.5. The minimum absolute atomic E-state index is 0.106. The van der Waals surface area contributed by atoms with E-state index in [-0.39, 0.29) is 5.91 Å². The van der Waals surface area contributed by atoms with Gasteiger partial charge in [0.2, 0.25) is 0 Å². The van der Waals surface area contributed by atoms with Gasteiger partial charge in [-0.15, -0.1) is 0 Å². The van der Waals surface area contributed by atoms with Gasteiger partial charge in [0, 0.05) is 19.2 Å². The number of amides is 1. The molecule has 1 aliphatic rings. The van der Waals surface area contributed by atoms with Gasteiger partial charge in [-0.25, -0.2) is 4.79 Å². The number of hydrogen-bond acceptors (Lipinski definition) is 4. The summed E-state index contributed by atoms with van der Waals surface area (Å²) >= 11 is 1.57. The molecule has 0 N–H and O–H groups in total. The SMILES string of the molecule is C[C@H](OC(=O)/C=C/c1ccsc1)C(=O)N1CCC(Cc2ccccc2)CC1. The summed E-state index contributed by atoms with van der Waals surface area (Å²) in [7, 11) is 0. The molecule has 0 saturated carbocycles. The second-order valence-corrected chi connectivity index (χ2v) is 7.71. The monoisotopic (exact) mass is 383 g/mol. The number of hydrogen-bond donors (Lipinski definition) is 0. The Morgan fingerprint density at radius 1 is 1.22 bits per heavy atom.